The molecule has 0 radical (unpaired) electrons. The Kier molecular flexibility index (Phi) is 3.18. The van der Waals surface area contributed by atoms with Crippen LogP contribution in [0.25, 0.3) is 39.0 Å². The Morgan fingerprint density at radius 2 is 1.54 bits per heavy atom. The SMILES string of the molecule is O=c1[nH]c(-c2ccc(-n3cnc4ccccc43)cc2)nc2ccccc12. The second kappa shape index (κ2) is 5.67. The largest absolute Gasteiger partial charge is 0.306 e. The van der Waals surface area contributed by atoms with Crippen LogP contribution < -0.4 is 5.56 Å². The van der Waals surface area contributed by atoms with E-state index in [-0.39, 0.29) is 5.56 Å². The van der Waals surface area contributed by atoms with Gasteiger partial charge in [-0.25, -0.2) is 9.97 Å². The molecule has 5 rings (SSSR count). The number of aromatic amines is 1. The molecule has 0 amide bonds. The zero-order valence-electron chi connectivity index (χ0n) is 13.8. The van der Waals surface area contributed by atoms with Crippen LogP contribution in [0.3, 0.4) is 0 Å². The first kappa shape index (κ1) is 14.6. The maximum Gasteiger partial charge on any atom is 0.259 e. The van der Waals surface area contributed by atoms with E-state index in [1.807, 2.05) is 77.6 Å². The van der Waals surface area contributed by atoms with E-state index >= 15 is 0 Å². The fraction of sp³-hybridized carbons (Fsp3) is 0. The summed E-state index contributed by atoms with van der Waals surface area (Å²) in [5, 5.41) is 0.595. The van der Waals surface area contributed by atoms with Crippen molar-refractivity contribution < 1.29 is 0 Å². The monoisotopic (exact) mass is 338 g/mol. The van der Waals surface area contributed by atoms with Gasteiger partial charge in [-0.05, 0) is 48.5 Å². The molecule has 0 fully saturated rings. The average molecular weight is 338 g/mol. The van der Waals surface area contributed by atoms with E-state index in [9.17, 15) is 4.79 Å². The van der Waals surface area contributed by atoms with Gasteiger partial charge in [0.2, 0.25) is 0 Å². The lowest BCUT2D eigenvalue weighted by Gasteiger charge is -2.07. The standard InChI is InChI=1S/C21H14N4O/c26-21-16-5-1-2-6-17(16)23-20(24-21)14-9-11-15(12-10-14)25-13-22-18-7-3-4-8-19(18)25/h1-13H,(H,23,24,26). The van der Waals surface area contributed by atoms with Crippen LogP contribution in [0.15, 0.2) is 83.9 Å². The summed E-state index contributed by atoms with van der Waals surface area (Å²) in [5.41, 5.74) is 4.44. The number of para-hydroxylation sites is 3. The van der Waals surface area contributed by atoms with Gasteiger partial charge < -0.3 is 4.98 Å². The predicted molar refractivity (Wildman–Crippen MR) is 102 cm³/mol. The van der Waals surface area contributed by atoms with Crippen molar-refractivity contribution in [1.82, 2.24) is 19.5 Å². The molecule has 0 aliphatic heterocycles. The Hall–Kier alpha value is -3.73. The fourth-order valence-electron chi connectivity index (χ4n) is 3.17. The van der Waals surface area contributed by atoms with Gasteiger partial charge in [0.15, 0.2) is 0 Å². The number of aromatic nitrogens is 4. The Morgan fingerprint density at radius 1 is 0.808 bits per heavy atom. The van der Waals surface area contributed by atoms with Crippen molar-refractivity contribution in [2.24, 2.45) is 0 Å². The molecule has 5 nitrogen and oxygen atoms in total. The molecule has 0 unspecified atom stereocenters. The molecule has 0 spiro atoms. The summed E-state index contributed by atoms with van der Waals surface area (Å²) in [6.45, 7) is 0. The van der Waals surface area contributed by atoms with E-state index in [0.29, 0.717) is 16.7 Å². The molecule has 124 valence electrons. The Balaban J connectivity index is 1.59. The third-order valence-corrected chi connectivity index (χ3v) is 4.49. The summed E-state index contributed by atoms with van der Waals surface area (Å²) >= 11 is 0. The molecule has 0 aliphatic rings. The first-order valence-corrected chi connectivity index (χ1v) is 8.31. The minimum Gasteiger partial charge on any atom is -0.306 e. The number of benzene rings is 3. The zero-order valence-corrected chi connectivity index (χ0v) is 13.8. The molecule has 2 aromatic heterocycles. The van der Waals surface area contributed by atoms with E-state index in [1.54, 1.807) is 6.07 Å². The zero-order chi connectivity index (χ0) is 17.5. The Labute approximate surface area is 148 Å². The number of imidazole rings is 1. The predicted octanol–water partition coefficient (Wildman–Crippen LogP) is 3.93. The van der Waals surface area contributed by atoms with Gasteiger partial charge in [0.25, 0.3) is 5.56 Å². The second-order valence-electron chi connectivity index (χ2n) is 6.08. The van der Waals surface area contributed by atoms with Gasteiger partial charge in [0.05, 0.1) is 21.9 Å². The highest BCUT2D eigenvalue weighted by molar-refractivity contribution is 5.80. The molecule has 0 atom stereocenters. The van der Waals surface area contributed by atoms with Crippen LogP contribution in [0, 0.1) is 0 Å². The lowest BCUT2D eigenvalue weighted by molar-refractivity contribution is 1.09. The van der Waals surface area contributed by atoms with Crippen LogP contribution in [-0.2, 0) is 0 Å². The van der Waals surface area contributed by atoms with Crippen molar-refractivity contribution in [3.63, 3.8) is 0 Å². The van der Waals surface area contributed by atoms with Gasteiger partial charge in [-0.1, -0.05) is 24.3 Å². The maximum absolute atomic E-state index is 12.3. The fourth-order valence-corrected chi connectivity index (χ4v) is 3.17. The number of hydrogen-bond donors (Lipinski definition) is 1. The molecule has 0 saturated heterocycles. The van der Waals surface area contributed by atoms with Crippen LogP contribution in [0.1, 0.15) is 0 Å². The second-order valence-corrected chi connectivity index (χ2v) is 6.08. The Bertz CT molecular complexity index is 1300. The van der Waals surface area contributed by atoms with Crippen LogP contribution in [0.2, 0.25) is 0 Å². The lowest BCUT2D eigenvalue weighted by atomic mass is 10.1. The summed E-state index contributed by atoms with van der Waals surface area (Å²) in [6, 6.07) is 23.3. The van der Waals surface area contributed by atoms with Crippen LogP contribution in [0.4, 0.5) is 0 Å². The smallest absolute Gasteiger partial charge is 0.259 e. The van der Waals surface area contributed by atoms with Crippen molar-refractivity contribution in [3.8, 4) is 17.1 Å². The highest BCUT2D eigenvalue weighted by atomic mass is 16.1. The van der Waals surface area contributed by atoms with Gasteiger partial charge in [0, 0.05) is 11.3 Å². The quantitative estimate of drug-likeness (QED) is 0.530. The summed E-state index contributed by atoms with van der Waals surface area (Å²) in [4.78, 5) is 24.1. The average Bonchev–Trinajstić information content (AvgIpc) is 3.12. The van der Waals surface area contributed by atoms with E-state index < -0.39 is 0 Å². The van der Waals surface area contributed by atoms with E-state index in [0.717, 1.165) is 22.3 Å². The number of fused-ring (bicyclic) bond motifs is 2. The molecular weight excluding hydrogens is 324 g/mol. The molecular formula is C21H14N4O. The third kappa shape index (κ3) is 2.29. The number of hydrogen-bond acceptors (Lipinski definition) is 3. The molecule has 0 saturated carbocycles. The van der Waals surface area contributed by atoms with Gasteiger partial charge in [-0.2, -0.15) is 0 Å². The van der Waals surface area contributed by atoms with Crippen LogP contribution in [-0.4, -0.2) is 19.5 Å². The van der Waals surface area contributed by atoms with Gasteiger partial charge in [-0.3, -0.25) is 9.36 Å². The first-order valence-electron chi connectivity index (χ1n) is 8.31. The van der Waals surface area contributed by atoms with E-state index in [2.05, 4.69) is 15.0 Å². The molecule has 26 heavy (non-hydrogen) atoms. The highest BCUT2D eigenvalue weighted by Crippen LogP contribution is 2.21. The molecule has 5 aromatic rings. The van der Waals surface area contributed by atoms with Crippen molar-refractivity contribution in [1.29, 1.82) is 0 Å². The molecule has 0 aliphatic carbocycles. The summed E-state index contributed by atoms with van der Waals surface area (Å²) in [6.07, 6.45) is 1.82. The lowest BCUT2D eigenvalue weighted by Crippen LogP contribution is -2.09. The summed E-state index contributed by atoms with van der Waals surface area (Å²) in [7, 11) is 0. The van der Waals surface area contributed by atoms with E-state index in [1.165, 1.54) is 0 Å². The first-order chi connectivity index (χ1) is 12.8. The number of nitrogens with one attached hydrogen (secondary N) is 1. The van der Waals surface area contributed by atoms with Gasteiger partial charge >= 0.3 is 0 Å². The summed E-state index contributed by atoms with van der Waals surface area (Å²) < 4.78 is 2.04. The van der Waals surface area contributed by atoms with Crippen molar-refractivity contribution >= 4 is 21.9 Å². The number of nitrogens with zero attached hydrogens (tertiary/aromatic N) is 3. The van der Waals surface area contributed by atoms with Gasteiger partial charge in [-0.15, -0.1) is 0 Å². The molecule has 5 heteroatoms. The van der Waals surface area contributed by atoms with Crippen LogP contribution in [0.5, 0.6) is 0 Å². The maximum atomic E-state index is 12.3. The van der Waals surface area contributed by atoms with Crippen molar-refractivity contribution in [2.75, 3.05) is 0 Å². The molecule has 0 bridgehead atoms. The minimum atomic E-state index is -0.129. The van der Waals surface area contributed by atoms with Crippen molar-refractivity contribution in [3.05, 3.63) is 89.5 Å². The minimum absolute atomic E-state index is 0.129. The molecule has 2 heterocycles. The third-order valence-electron chi connectivity index (χ3n) is 4.49. The molecule has 3 aromatic carbocycles. The topological polar surface area (TPSA) is 63.6 Å². The van der Waals surface area contributed by atoms with E-state index in [4.69, 9.17) is 0 Å². The molecule has 1 N–H and O–H groups in total. The van der Waals surface area contributed by atoms with Crippen molar-refractivity contribution in [2.45, 2.75) is 0 Å². The summed E-state index contributed by atoms with van der Waals surface area (Å²) in [5.74, 6) is 0.565. The van der Waals surface area contributed by atoms with Gasteiger partial charge in [0.1, 0.15) is 12.2 Å². The number of rotatable bonds is 2. The van der Waals surface area contributed by atoms with Crippen LogP contribution >= 0.6 is 0 Å². The Morgan fingerprint density at radius 3 is 2.38 bits per heavy atom. The number of H-pyrrole nitrogens is 1. The normalized spacial score (nSPS) is 11.2. The highest BCUT2D eigenvalue weighted by Gasteiger charge is 2.07.